The number of aromatic amines is 1. The molecule has 0 bridgehead atoms. The van der Waals surface area contributed by atoms with Crippen LogP contribution in [0.3, 0.4) is 0 Å². The Labute approximate surface area is 116 Å². The molecular formula is C11H10F2N4O2S. The molecule has 9 heteroatoms. The number of aromatic nitrogens is 3. The number of rotatable bonds is 4. The Morgan fingerprint density at radius 1 is 1.50 bits per heavy atom. The monoisotopic (exact) mass is 300 g/mol. The Morgan fingerprint density at radius 3 is 2.85 bits per heavy atom. The quantitative estimate of drug-likeness (QED) is 0.829. The van der Waals surface area contributed by atoms with Crippen LogP contribution in [0.4, 0.5) is 14.5 Å². The van der Waals surface area contributed by atoms with Crippen LogP contribution in [0, 0.1) is 11.6 Å². The van der Waals surface area contributed by atoms with Crippen molar-refractivity contribution in [1.82, 2.24) is 14.8 Å². The minimum Gasteiger partial charge on any atom is -0.323 e. The van der Waals surface area contributed by atoms with Crippen molar-refractivity contribution in [2.24, 2.45) is 7.05 Å². The molecule has 2 rings (SSSR count). The van der Waals surface area contributed by atoms with Gasteiger partial charge in [-0.3, -0.25) is 9.36 Å². The zero-order valence-corrected chi connectivity index (χ0v) is 11.1. The van der Waals surface area contributed by atoms with E-state index < -0.39 is 23.2 Å². The zero-order chi connectivity index (χ0) is 14.7. The Morgan fingerprint density at radius 2 is 2.25 bits per heavy atom. The standard InChI is InChI=1S/C11H10F2N4O2S/c1-17-10(19)15-16-11(17)20-5-9(18)14-8-3-2-6(12)4-7(8)13/h2-4H,5H2,1H3,(H,14,18)(H,15,19). The van der Waals surface area contributed by atoms with Crippen molar-refractivity contribution in [2.45, 2.75) is 5.16 Å². The molecule has 1 aromatic carbocycles. The third-order valence-electron chi connectivity index (χ3n) is 2.38. The van der Waals surface area contributed by atoms with Crippen molar-refractivity contribution in [3.8, 4) is 0 Å². The number of nitrogens with one attached hydrogen (secondary N) is 2. The van der Waals surface area contributed by atoms with E-state index in [1.807, 2.05) is 0 Å². The van der Waals surface area contributed by atoms with E-state index in [-0.39, 0.29) is 11.4 Å². The number of anilines is 1. The van der Waals surface area contributed by atoms with Gasteiger partial charge in [0.15, 0.2) is 5.16 Å². The number of halogens is 2. The lowest BCUT2D eigenvalue weighted by Crippen LogP contribution is -2.16. The summed E-state index contributed by atoms with van der Waals surface area (Å²) in [5, 5.41) is 8.58. The van der Waals surface area contributed by atoms with Crippen molar-refractivity contribution in [1.29, 1.82) is 0 Å². The Hall–Kier alpha value is -2.16. The summed E-state index contributed by atoms with van der Waals surface area (Å²) in [4.78, 5) is 22.7. The van der Waals surface area contributed by atoms with Gasteiger partial charge in [0.1, 0.15) is 11.6 Å². The third-order valence-corrected chi connectivity index (χ3v) is 3.41. The van der Waals surface area contributed by atoms with E-state index in [9.17, 15) is 18.4 Å². The Bertz CT molecular complexity index is 698. The molecule has 1 amide bonds. The van der Waals surface area contributed by atoms with Crippen LogP contribution in [-0.4, -0.2) is 26.4 Å². The summed E-state index contributed by atoms with van der Waals surface area (Å²) in [5.41, 5.74) is -0.495. The lowest BCUT2D eigenvalue weighted by molar-refractivity contribution is -0.113. The van der Waals surface area contributed by atoms with Crippen LogP contribution in [0.15, 0.2) is 28.2 Å². The Balaban J connectivity index is 1.96. The van der Waals surface area contributed by atoms with E-state index in [2.05, 4.69) is 15.5 Å². The fraction of sp³-hybridized carbons (Fsp3) is 0.182. The van der Waals surface area contributed by atoms with E-state index >= 15 is 0 Å². The largest absolute Gasteiger partial charge is 0.343 e. The van der Waals surface area contributed by atoms with Gasteiger partial charge in [0, 0.05) is 13.1 Å². The molecule has 0 saturated carbocycles. The number of thioether (sulfide) groups is 1. The van der Waals surface area contributed by atoms with Gasteiger partial charge in [-0.25, -0.2) is 18.7 Å². The van der Waals surface area contributed by atoms with Crippen LogP contribution in [0.25, 0.3) is 0 Å². The molecule has 2 N–H and O–H groups in total. The summed E-state index contributed by atoms with van der Waals surface area (Å²) < 4.78 is 27.3. The van der Waals surface area contributed by atoms with Gasteiger partial charge in [-0.2, -0.15) is 0 Å². The number of H-pyrrole nitrogens is 1. The molecule has 20 heavy (non-hydrogen) atoms. The topological polar surface area (TPSA) is 79.8 Å². The maximum absolute atomic E-state index is 13.3. The first-order chi connectivity index (χ1) is 9.47. The van der Waals surface area contributed by atoms with Gasteiger partial charge in [-0.05, 0) is 12.1 Å². The maximum atomic E-state index is 13.3. The summed E-state index contributed by atoms with van der Waals surface area (Å²) in [6.45, 7) is 0. The molecule has 0 spiro atoms. The van der Waals surface area contributed by atoms with Crippen LogP contribution in [0.2, 0.25) is 0 Å². The molecular weight excluding hydrogens is 290 g/mol. The van der Waals surface area contributed by atoms with Crippen LogP contribution < -0.4 is 11.0 Å². The number of hydrogen-bond donors (Lipinski definition) is 2. The Kier molecular flexibility index (Phi) is 4.18. The summed E-state index contributed by atoms with van der Waals surface area (Å²) in [6, 6.07) is 2.86. The predicted octanol–water partition coefficient (Wildman–Crippen LogP) is 1.12. The second-order valence-corrected chi connectivity index (χ2v) is 4.77. The predicted molar refractivity (Wildman–Crippen MR) is 69.5 cm³/mol. The number of carbonyl (C=O) groups excluding carboxylic acids is 1. The number of amides is 1. The lowest BCUT2D eigenvalue weighted by Gasteiger charge is -2.05. The molecule has 0 radical (unpaired) electrons. The van der Waals surface area contributed by atoms with Crippen LogP contribution in [-0.2, 0) is 11.8 Å². The number of benzene rings is 1. The van der Waals surface area contributed by atoms with E-state index in [0.29, 0.717) is 11.2 Å². The van der Waals surface area contributed by atoms with Gasteiger partial charge in [-0.1, -0.05) is 11.8 Å². The molecule has 0 fully saturated rings. The smallest absolute Gasteiger partial charge is 0.323 e. The maximum Gasteiger partial charge on any atom is 0.343 e. The van der Waals surface area contributed by atoms with Crippen LogP contribution in [0.1, 0.15) is 0 Å². The average molecular weight is 300 g/mol. The number of hydrogen-bond acceptors (Lipinski definition) is 4. The van der Waals surface area contributed by atoms with E-state index in [1.165, 1.54) is 11.6 Å². The highest BCUT2D eigenvalue weighted by Crippen LogP contribution is 2.16. The highest BCUT2D eigenvalue weighted by atomic mass is 32.2. The summed E-state index contributed by atoms with van der Waals surface area (Å²) in [7, 11) is 1.51. The fourth-order valence-corrected chi connectivity index (χ4v) is 2.09. The molecule has 0 aliphatic carbocycles. The second-order valence-electron chi connectivity index (χ2n) is 3.83. The molecule has 6 nitrogen and oxygen atoms in total. The molecule has 0 unspecified atom stereocenters. The van der Waals surface area contributed by atoms with Gasteiger partial charge in [0.2, 0.25) is 5.91 Å². The summed E-state index contributed by atoms with van der Waals surface area (Å²) >= 11 is 1.02. The summed E-state index contributed by atoms with van der Waals surface area (Å²) in [6.07, 6.45) is 0. The molecule has 1 heterocycles. The third kappa shape index (κ3) is 3.23. The first-order valence-electron chi connectivity index (χ1n) is 5.46. The number of nitrogens with zero attached hydrogens (tertiary/aromatic N) is 2. The van der Waals surface area contributed by atoms with E-state index in [0.717, 1.165) is 23.9 Å². The number of carbonyl (C=O) groups is 1. The fourth-order valence-electron chi connectivity index (χ4n) is 1.37. The van der Waals surface area contributed by atoms with Crippen molar-refractivity contribution >= 4 is 23.4 Å². The lowest BCUT2D eigenvalue weighted by atomic mass is 10.3. The molecule has 2 aromatic rings. The normalized spacial score (nSPS) is 10.6. The van der Waals surface area contributed by atoms with Gasteiger partial charge in [-0.15, -0.1) is 5.10 Å². The molecule has 1 aromatic heterocycles. The van der Waals surface area contributed by atoms with Crippen molar-refractivity contribution in [2.75, 3.05) is 11.1 Å². The highest BCUT2D eigenvalue weighted by Gasteiger charge is 2.11. The van der Waals surface area contributed by atoms with Crippen molar-refractivity contribution in [3.05, 3.63) is 40.3 Å². The second kappa shape index (κ2) is 5.87. The van der Waals surface area contributed by atoms with Gasteiger partial charge in [0.25, 0.3) is 0 Å². The summed E-state index contributed by atoms with van der Waals surface area (Å²) in [5.74, 6) is -2.12. The molecule has 0 aliphatic rings. The van der Waals surface area contributed by atoms with E-state index in [4.69, 9.17) is 0 Å². The van der Waals surface area contributed by atoms with Crippen molar-refractivity contribution in [3.63, 3.8) is 0 Å². The van der Waals surface area contributed by atoms with E-state index in [1.54, 1.807) is 0 Å². The van der Waals surface area contributed by atoms with Gasteiger partial charge >= 0.3 is 5.69 Å². The molecule has 0 aliphatic heterocycles. The first kappa shape index (κ1) is 14.3. The molecule has 106 valence electrons. The average Bonchev–Trinajstić information content (AvgIpc) is 2.71. The molecule has 0 saturated heterocycles. The van der Waals surface area contributed by atoms with Crippen LogP contribution in [0.5, 0.6) is 0 Å². The van der Waals surface area contributed by atoms with Crippen LogP contribution >= 0.6 is 11.8 Å². The van der Waals surface area contributed by atoms with Gasteiger partial charge < -0.3 is 5.32 Å². The molecule has 0 atom stereocenters. The minimum atomic E-state index is -0.851. The highest BCUT2D eigenvalue weighted by molar-refractivity contribution is 7.99. The van der Waals surface area contributed by atoms with Crippen molar-refractivity contribution < 1.29 is 13.6 Å². The first-order valence-corrected chi connectivity index (χ1v) is 6.45. The van der Waals surface area contributed by atoms with Gasteiger partial charge in [0.05, 0.1) is 11.4 Å². The zero-order valence-electron chi connectivity index (χ0n) is 10.3. The SMILES string of the molecule is Cn1c(SCC(=O)Nc2ccc(F)cc2F)n[nH]c1=O. The minimum absolute atomic E-state index is 0.0606.